The van der Waals surface area contributed by atoms with Gasteiger partial charge in [-0.3, -0.25) is 0 Å². The van der Waals surface area contributed by atoms with Crippen LogP contribution < -0.4 is 10.5 Å². The van der Waals surface area contributed by atoms with Crippen LogP contribution >= 0.6 is 0 Å². The van der Waals surface area contributed by atoms with E-state index in [4.69, 9.17) is 10.5 Å². The Hall–Kier alpha value is -1.02. The van der Waals surface area contributed by atoms with Crippen LogP contribution in [-0.4, -0.2) is 13.2 Å². The van der Waals surface area contributed by atoms with E-state index in [9.17, 15) is 0 Å². The normalized spacial score (nSPS) is 17.2. The summed E-state index contributed by atoms with van der Waals surface area (Å²) in [4.78, 5) is 0. The minimum atomic E-state index is 0.395. The molecule has 0 heterocycles. The van der Waals surface area contributed by atoms with Crippen LogP contribution in [0.15, 0.2) is 18.2 Å². The largest absolute Gasteiger partial charge is 0.493 e. The predicted molar refractivity (Wildman–Crippen MR) is 66.7 cm³/mol. The van der Waals surface area contributed by atoms with E-state index in [1.165, 1.54) is 24.0 Å². The first-order valence-corrected chi connectivity index (χ1v) is 6.05. The molecule has 0 radical (unpaired) electrons. The van der Waals surface area contributed by atoms with Crippen LogP contribution in [0.3, 0.4) is 0 Å². The maximum Gasteiger partial charge on any atom is 0.122 e. The molecule has 2 N–H and O–H groups in total. The number of ether oxygens (including phenoxy) is 1. The van der Waals surface area contributed by atoms with Gasteiger partial charge < -0.3 is 10.5 Å². The summed E-state index contributed by atoms with van der Waals surface area (Å²) in [5, 5.41) is 0. The highest BCUT2D eigenvalue weighted by Crippen LogP contribution is 2.48. The lowest BCUT2D eigenvalue weighted by molar-refractivity contribution is 0.225. The zero-order chi connectivity index (χ0) is 11.6. The lowest BCUT2D eigenvalue weighted by Crippen LogP contribution is -2.17. The molecule has 0 saturated heterocycles. The Morgan fingerprint density at radius 2 is 2.06 bits per heavy atom. The molecule has 0 unspecified atom stereocenters. The minimum absolute atomic E-state index is 0.395. The standard InChI is InChI=1S/C14H21NO/c1-11-3-4-13(12(2)9-11)16-10-14(5-6-14)7-8-15/h3-4,9H,5-8,10,15H2,1-2H3. The predicted octanol–water partition coefficient (Wildman–Crippen LogP) is 2.81. The highest BCUT2D eigenvalue weighted by molar-refractivity contribution is 5.35. The molecule has 16 heavy (non-hydrogen) atoms. The van der Waals surface area contributed by atoms with Crippen LogP contribution in [0.25, 0.3) is 0 Å². The first kappa shape index (κ1) is 11.5. The van der Waals surface area contributed by atoms with E-state index in [1.54, 1.807) is 0 Å². The van der Waals surface area contributed by atoms with Gasteiger partial charge >= 0.3 is 0 Å². The van der Waals surface area contributed by atoms with Crippen LogP contribution in [0.5, 0.6) is 5.75 Å². The second-order valence-corrected chi connectivity index (χ2v) is 5.10. The monoisotopic (exact) mass is 219 g/mol. The van der Waals surface area contributed by atoms with Crippen molar-refractivity contribution in [3.05, 3.63) is 29.3 Å². The molecule has 1 aliphatic rings. The maximum absolute atomic E-state index is 5.92. The third-order valence-electron chi connectivity index (χ3n) is 3.50. The van der Waals surface area contributed by atoms with Crippen LogP contribution in [0.4, 0.5) is 0 Å². The van der Waals surface area contributed by atoms with Crippen molar-refractivity contribution in [2.45, 2.75) is 33.1 Å². The summed E-state index contributed by atoms with van der Waals surface area (Å²) in [5.74, 6) is 1.02. The molecular weight excluding hydrogens is 198 g/mol. The SMILES string of the molecule is Cc1ccc(OCC2(CCN)CC2)c(C)c1. The van der Waals surface area contributed by atoms with Gasteiger partial charge in [0.2, 0.25) is 0 Å². The molecule has 2 nitrogen and oxygen atoms in total. The molecule has 88 valence electrons. The van der Waals surface area contributed by atoms with Crippen LogP contribution in [0.2, 0.25) is 0 Å². The van der Waals surface area contributed by atoms with Gasteiger partial charge in [0.25, 0.3) is 0 Å². The van der Waals surface area contributed by atoms with Crippen molar-refractivity contribution < 1.29 is 4.74 Å². The van der Waals surface area contributed by atoms with Gasteiger partial charge in [0, 0.05) is 5.41 Å². The van der Waals surface area contributed by atoms with Crippen molar-refractivity contribution in [2.24, 2.45) is 11.1 Å². The molecule has 1 saturated carbocycles. The Balaban J connectivity index is 1.94. The van der Waals surface area contributed by atoms with Crippen molar-refractivity contribution in [3.63, 3.8) is 0 Å². The molecule has 0 aliphatic heterocycles. The fourth-order valence-corrected chi connectivity index (χ4v) is 2.14. The van der Waals surface area contributed by atoms with Crippen molar-refractivity contribution in [1.82, 2.24) is 0 Å². The Morgan fingerprint density at radius 3 is 2.62 bits per heavy atom. The topological polar surface area (TPSA) is 35.2 Å². The molecule has 0 aromatic heterocycles. The third-order valence-corrected chi connectivity index (χ3v) is 3.50. The van der Waals surface area contributed by atoms with Crippen LogP contribution in [0.1, 0.15) is 30.4 Å². The molecule has 0 atom stereocenters. The van der Waals surface area contributed by atoms with Gasteiger partial charge in [0.15, 0.2) is 0 Å². The molecule has 1 aromatic carbocycles. The highest BCUT2D eigenvalue weighted by Gasteiger charge is 2.42. The Bertz CT molecular complexity index is 369. The zero-order valence-corrected chi connectivity index (χ0v) is 10.3. The maximum atomic E-state index is 5.92. The zero-order valence-electron chi connectivity index (χ0n) is 10.3. The summed E-state index contributed by atoms with van der Waals surface area (Å²) in [5.41, 5.74) is 8.52. The summed E-state index contributed by atoms with van der Waals surface area (Å²) in [6, 6.07) is 6.34. The Morgan fingerprint density at radius 1 is 1.31 bits per heavy atom. The van der Waals surface area contributed by atoms with Crippen molar-refractivity contribution in [1.29, 1.82) is 0 Å². The van der Waals surface area contributed by atoms with Gasteiger partial charge in [-0.2, -0.15) is 0 Å². The van der Waals surface area contributed by atoms with E-state index in [1.807, 2.05) is 0 Å². The summed E-state index contributed by atoms with van der Waals surface area (Å²) in [6.07, 6.45) is 3.64. The van der Waals surface area contributed by atoms with Gasteiger partial charge in [0.05, 0.1) is 6.61 Å². The van der Waals surface area contributed by atoms with Crippen molar-refractivity contribution >= 4 is 0 Å². The summed E-state index contributed by atoms with van der Waals surface area (Å²) in [6.45, 7) is 5.81. The van der Waals surface area contributed by atoms with E-state index in [2.05, 4.69) is 32.0 Å². The Kier molecular flexibility index (Phi) is 3.20. The second kappa shape index (κ2) is 4.46. The second-order valence-electron chi connectivity index (χ2n) is 5.10. The quantitative estimate of drug-likeness (QED) is 0.826. The van der Waals surface area contributed by atoms with E-state index >= 15 is 0 Å². The number of hydrogen-bond acceptors (Lipinski definition) is 2. The lowest BCUT2D eigenvalue weighted by Gasteiger charge is -2.16. The number of aryl methyl sites for hydroxylation is 2. The molecular formula is C14H21NO. The first-order chi connectivity index (χ1) is 7.65. The third kappa shape index (κ3) is 2.56. The lowest BCUT2D eigenvalue weighted by atomic mass is 10.0. The molecule has 1 aliphatic carbocycles. The summed E-state index contributed by atoms with van der Waals surface area (Å²) in [7, 11) is 0. The van der Waals surface area contributed by atoms with Crippen LogP contribution in [0, 0.1) is 19.3 Å². The van der Waals surface area contributed by atoms with Gasteiger partial charge in [-0.05, 0) is 51.3 Å². The van der Waals surface area contributed by atoms with Crippen molar-refractivity contribution in [3.8, 4) is 5.75 Å². The average Bonchev–Trinajstić information content (AvgIpc) is 2.98. The van der Waals surface area contributed by atoms with E-state index in [0.29, 0.717) is 5.41 Å². The number of rotatable bonds is 5. The van der Waals surface area contributed by atoms with Crippen LogP contribution in [-0.2, 0) is 0 Å². The minimum Gasteiger partial charge on any atom is -0.493 e. The van der Waals surface area contributed by atoms with E-state index in [-0.39, 0.29) is 0 Å². The Labute approximate surface area is 97.8 Å². The molecule has 1 aromatic rings. The average molecular weight is 219 g/mol. The van der Waals surface area contributed by atoms with Crippen molar-refractivity contribution in [2.75, 3.05) is 13.2 Å². The van der Waals surface area contributed by atoms with Gasteiger partial charge in [0.1, 0.15) is 5.75 Å². The molecule has 0 bridgehead atoms. The molecule has 1 fully saturated rings. The summed E-state index contributed by atoms with van der Waals surface area (Å²) < 4.78 is 5.92. The summed E-state index contributed by atoms with van der Waals surface area (Å²) >= 11 is 0. The van der Waals surface area contributed by atoms with Gasteiger partial charge in [-0.15, -0.1) is 0 Å². The van der Waals surface area contributed by atoms with E-state index < -0.39 is 0 Å². The van der Waals surface area contributed by atoms with E-state index in [0.717, 1.165) is 25.3 Å². The molecule has 0 amide bonds. The highest BCUT2D eigenvalue weighted by atomic mass is 16.5. The first-order valence-electron chi connectivity index (χ1n) is 6.05. The molecule has 0 spiro atoms. The fourth-order valence-electron chi connectivity index (χ4n) is 2.14. The molecule has 2 heteroatoms. The smallest absolute Gasteiger partial charge is 0.122 e. The number of benzene rings is 1. The van der Waals surface area contributed by atoms with Gasteiger partial charge in [-0.1, -0.05) is 17.7 Å². The number of nitrogens with two attached hydrogens (primary N) is 1. The number of hydrogen-bond donors (Lipinski definition) is 1. The fraction of sp³-hybridized carbons (Fsp3) is 0.571. The molecule has 2 rings (SSSR count). The van der Waals surface area contributed by atoms with Gasteiger partial charge in [-0.25, -0.2) is 0 Å².